The first kappa shape index (κ1) is 13.9. The lowest BCUT2D eigenvalue weighted by molar-refractivity contribution is -0.120. The van der Waals surface area contributed by atoms with Gasteiger partial charge in [0.1, 0.15) is 5.82 Å². The number of nitrogens with one attached hydrogen (secondary N) is 1. The molecule has 2 rings (SSSR count). The summed E-state index contributed by atoms with van der Waals surface area (Å²) < 4.78 is 13.7. The van der Waals surface area contributed by atoms with Crippen LogP contribution in [0.3, 0.4) is 0 Å². The maximum atomic E-state index is 12.7. The molecule has 0 aliphatic heterocycles. The number of thiophene rings is 1. The first-order valence-electron chi connectivity index (χ1n) is 5.44. The van der Waals surface area contributed by atoms with Crippen LogP contribution in [0.25, 0.3) is 0 Å². The number of rotatable bonds is 4. The minimum absolute atomic E-state index is 0.172. The molecule has 1 N–H and O–H groups in total. The Kier molecular flexibility index (Phi) is 4.81. The minimum Gasteiger partial charge on any atom is -0.273 e. The van der Waals surface area contributed by atoms with Crippen LogP contribution in [0.15, 0.2) is 45.3 Å². The number of benzene rings is 1. The van der Waals surface area contributed by atoms with Crippen molar-refractivity contribution in [2.24, 2.45) is 5.10 Å². The van der Waals surface area contributed by atoms with E-state index in [-0.39, 0.29) is 18.1 Å². The fourth-order valence-corrected chi connectivity index (χ4v) is 2.69. The highest BCUT2D eigenvalue weighted by Gasteiger charge is 2.02. The van der Waals surface area contributed by atoms with Gasteiger partial charge in [0.05, 0.1) is 12.6 Å². The van der Waals surface area contributed by atoms with E-state index in [0.29, 0.717) is 0 Å². The second kappa shape index (κ2) is 6.58. The zero-order valence-corrected chi connectivity index (χ0v) is 12.2. The molecule has 98 valence electrons. The molecule has 2 aromatic rings. The average molecular weight is 341 g/mol. The van der Waals surface area contributed by atoms with Gasteiger partial charge in [0.2, 0.25) is 5.91 Å². The molecule has 3 nitrogen and oxygen atoms in total. The van der Waals surface area contributed by atoms with Crippen molar-refractivity contribution in [2.75, 3.05) is 0 Å². The SMILES string of the molecule is O=C(Cc1ccc(F)cc1)N/N=C/c1cc(Br)cs1. The summed E-state index contributed by atoms with van der Waals surface area (Å²) in [6.07, 6.45) is 1.75. The van der Waals surface area contributed by atoms with E-state index in [2.05, 4.69) is 26.5 Å². The lowest BCUT2D eigenvalue weighted by Crippen LogP contribution is -2.19. The summed E-state index contributed by atoms with van der Waals surface area (Å²) in [6.45, 7) is 0. The highest BCUT2D eigenvalue weighted by atomic mass is 79.9. The van der Waals surface area contributed by atoms with E-state index in [1.165, 1.54) is 23.5 Å². The molecule has 0 unspecified atom stereocenters. The predicted molar refractivity (Wildman–Crippen MR) is 77.9 cm³/mol. The Bertz CT molecular complexity index is 595. The van der Waals surface area contributed by atoms with E-state index in [4.69, 9.17) is 0 Å². The smallest absolute Gasteiger partial charge is 0.244 e. The van der Waals surface area contributed by atoms with E-state index >= 15 is 0 Å². The van der Waals surface area contributed by atoms with Crippen molar-refractivity contribution in [1.82, 2.24) is 5.43 Å². The van der Waals surface area contributed by atoms with Gasteiger partial charge in [0, 0.05) is 14.7 Å². The molecule has 0 aliphatic rings. The monoisotopic (exact) mass is 340 g/mol. The lowest BCUT2D eigenvalue weighted by atomic mass is 10.1. The van der Waals surface area contributed by atoms with E-state index in [1.54, 1.807) is 18.3 Å². The standard InChI is InChI=1S/C13H10BrFN2OS/c14-10-6-12(19-8-10)7-16-17-13(18)5-9-1-3-11(15)4-2-9/h1-4,6-8H,5H2,(H,17,18)/b16-7+. The summed E-state index contributed by atoms with van der Waals surface area (Å²) in [7, 11) is 0. The van der Waals surface area contributed by atoms with E-state index in [1.807, 2.05) is 11.4 Å². The van der Waals surface area contributed by atoms with Gasteiger partial charge in [0.25, 0.3) is 0 Å². The van der Waals surface area contributed by atoms with Crippen LogP contribution in [-0.2, 0) is 11.2 Å². The van der Waals surface area contributed by atoms with Crippen LogP contribution >= 0.6 is 27.3 Å². The van der Waals surface area contributed by atoms with Gasteiger partial charge in [-0.15, -0.1) is 11.3 Å². The molecule has 1 aromatic heterocycles. The van der Waals surface area contributed by atoms with E-state index in [9.17, 15) is 9.18 Å². The Morgan fingerprint density at radius 2 is 2.16 bits per heavy atom. The lowest BCUT2D eigenvalue weighted by Gasteiger charge is -1.99. The van der Waals surface area contributed by atoms with Crippen LogP contribution in [0.1, 0.15) is 10.4 Å². The summed E-state index contributed by atoms with van der Waals surface area (Å²) in [5.74, 6) is -0.552. The number of carbonyl (C=O) groups is 1. The molecule has 0 saturated heterocycles. The largest absolute Gasteiger partial charge is 0.273 e. The summed E-state index contributed by atoms with van der Waals surface area (Å²) in [6, 6.07) is 7.72. The molecule has 0 saturated carbocycles. The molecule has 0 aliphatic carbocycles. The maximum Gasteiger partial charge on any atom is 0.244 e. The highest BCUT2D eigenvalue weighted by molar-refractivity contribution is 9.10. The van der Waals surface area contributed by atoms with Gasteiger partial charge in [0.15, 0.2) is 0 Å². The minimum atomic E-state index is -0.314. The molecule has 1 aromatic carbocycles. The Morgan fingerprint density at radius 1 is 1.42 bits per heavy atom. The molecule has 0 atom stereocenters. The Hall–Kier alpha value is -1.53. The molecule has 6 heteroatoms. The van der Waals surface area contributed by atoms with Crippen LogP contribution in [0, 0.1) is 5.82 Å². The van der Waals surface area contributed by atoms with Gasteiger partial charge in [-0.05, 0) is 39.7 Å². The first-order valence-corrected chi connectivity index (χ1v) is 7.11. The van der Waals surface area contributed by atoms with Gasteiger partial charge < -0.3 is 0 Å². The molecule has 1 amide bonds. The van der Waals surface area contributed by atoms with E-state index < -0.39 is 0 Å². The third-order valence-corrected chi connectivity index (χ3v) is 3.87. The number of carbonyl (C=O) groups excluding carboxylic acids is 1. The molecule has 19 heavy (non-hydrogen) atoms. The van der Waals surface area contributed by atoms with Gasteiger partial charge in [-0.2, -0.15) is 5.10 Å². The van der Waals surface area contributed by atoms with Crippen molar-refractivity contribution in [2.45, 2.75) is 6.42 Å². The molecule has 0 spiro atoms. The van der Waals surface area contributed by atoms with Crippen LogP contribution < -0.4 is 5.43 Å². The summed E-state index contributed by atoms with van der Waals surface area (Å²) in [5, 5.41) is 5.79. The van der Waals surface area contributed by atoms with Crippen molar-refractivity contribution in [1.29, 1.82) is 0 Å². The predicted octanol–water partition coefficient (Wildman–Crippen LogP) is 3.34. The maximum absolute atomic E-state index is 12.7. The van der Waals surface area contributed by atoms with Crippen LogP contribution in [0.4, 0.5) is 4.39 Å². The second-order valence-electron chi connectivity index (χ2n) is 3.76. The van der Waals surface area contributed by atoms with Crippen molar-refractivity contribution < 1.29 is 9.18 Å². The molecular formula is C13H10BrFN2OS. The number of hydrogen-bond donors (Lipinski definition) is 1. The zero-order chi connectivity index (χ0) is 13.7. The first-order chi connectivity index (χ1) is 9.13. The van der Waals surface area contributed by atoms with Crippen LogP contribution in [0.2, 0.25) is 0 Å². The second-order valence-corrected chi connectivity index (χ2v) is 5.62. The van der Waals surface area contributed by atoms with Crippen molar-refractivity contribution in [3.8, 4) is 0 Å². The van der Waals surface area contributed by atoms with Gasteiger partial charge in [-0.25, -0.2) is 9.82 Å². The third-order valence-electron chi connectivity index (χ3n) is 2.25. The number of hydrogen-bond acceptors (Lipinski definition) is 3. The number of halogens is 2. The third kappa shape index (κ3) is 4.57. The van der Waals surface area contributed by atoms with Gasteiger partial charge in [-0.3, -0.25) is 4.79 Å². The summed E-state index contributed by atoms with van der Waals surface area (Å²) in [4.78, 5) is 12.5. The molecule has 0 fully saturated rings. The van der Waals surface area contributed by atoms with Crippen molar-refractivity contribution in [3.63, 3.8) is 0 Å². The van der Waals surface area contributed by atoms with Crippen molar-refractivity contribution >= 4 is 39.4 Å². The van der Waals surface area contributed by atoms with Crippen LogP contribution in [0.5, 0.6) is 0 Å². The average Bonchev–Trinajstić information content (AvgIpc) is 2.78. The van der Waals surface area contributed by atoms with Crippen molar-refractivity contribution in [3.05, 3.63) is 56.4 Å². The molecule has 1 heterocycles. The molecular weight excluding hydrogens is 331 g/mol. The Balaban J connectivity index is 1.84. The molecule has 0 radical (unpaired) electrons. The quantitative estimate of drug-likeness (QED) is 0.673. The number of amides is 1. The van der Waals surface area contributed by atoms with Gasteiger partial charge in [-0.1, -0.05) is 12.1 Å². The zero-order valence-electron chi connectivity index (χ0n) is 9.77. The fourth-order valence-electron chi connectivity index (χ4n) is 1.39. The van der Waals surface area contributed by atoms with Crippen LogP contribution in [-0.4, -0.2) is 12.1 Å². The fraction of sp³-hybridized carbons (Fsp3) is 0.0769. The summed E-state index contributed by atoms with van der Waals surface area (Å²) >= 11 is 4.85. The van der Waals surface area contributed by atoms with Gasteiger partial charge >= 0.3 is 0 Å². The number of nitrogens with zero attached hydrogens (tertiary/aromatic N) is 1. The normalized spacial score (nSPS) is 10.8. The Labute approximate surface area is 122 Å². The Morgan fingerprint density at radius 3 is 2.79 bits per heavy atom. The number of hydrazone groups is 1. The van der Waals surface area contributed by atoms with E-state index in [0.717, 1.165) is 14.9 Å². The molecule has 0 bridgehead atoms. The topological polar surface area (TPSA) is 41.5 Å². The summed E-state index contributed by atoms with van der Waals surface area (Å²) in [5.41, 5.74) is 3.18. The highest BCUT2D eigenvalue weighted by Crippen LogP contribution is 2.17.